The van der Waals surface area contributed by atoms with Crippen molar-refractivity contribution in [3.63, 3.8) is 0 Å². The van der Waals surface area contributed by atoms with Crippen LogP contribution in [0, 0.1) is 5.92 Å². The van der Waals surface area contributed by atoms with E-state index in [1.165, 1.54) is 0 Å². The third-order valence-corrected chi connectivity index (χ3v) is 4.82. The molecule has 0 radical (unpaired) electrons. The van der Waals surface area contributed by atoms with Crippen molar-refractivity contribution < 1.29 is 14.3 Å². The summed E-state index contributed by atoms with van der Waals surface area (Å²) in [6.45, 7) is 4.42. The molecule has 2 aliphatic heterocycles. The molecule has 2 saturated heterocycles. The largest absolute Gasteiger partial charge is 0.415 e. The van der Waals surface area contributed by atoms with Gasteiger partial charge in [-0.1, -0.05) is 25.1 Å². The number of piperidine rings is 1. The molecule has 0 spiro atoms. The van der Waals surface area contributed by atoms with Gasteiger partial charge in [0.2, 0.25) is 5.91 Å². The van der Waals surface area contributed by atoms with Gasteiger partial charge in [-0.15, -0.1) is 0 Å². The standard InChI is InChI=1S/C18H24N2O3/c1-14-9-12-19(13-10-14)17(21)16-8-5-11-20(16)18(22)23-15-6-3-2-4-7-15/h2-4,6-7,14,16H,5,8-13H2,1H3/t16-/m0/s1. The van der Waals surface area contributed by atoms with E-state index in [0.717, 1.165) is 38.8 Å². The Kier molecular flexibility index (Phi) is 4.84. The number of amides is 2. The van der Waals surface area contributed by atoms with Gasteiger partial charge >= 0.3 is 6.09 Å². The summed E-state index contributed by atoms with van der Waals surface area (Å²) in [4.78, 5) is 28.7. The van der Waals surface area contributed by atoms with Crippen molar-refractivity contribution in [2.45, 2.75) is 38.6 Å². The molecule has 1 aromatic carbocycles. The molecule has 0 aromatic heterocycles. The van der Waals surface area contributed by atoms with Crippen LogP contribution < -0.4 is 4.74 Å². The molecular weight excluding hydrogens is 292 g/mol. The van der Waals surface area contributed by atoms with E-state index < -0.39 is 6.09 Å². The van der Waals surface area contributed by atoms with E-state index in [1.807, 2.05) is 23.1 Å². The highest BCUT2D eigenvalue weighted by molar-refractivity contribution is 5.86. The molecule has 1 atom stereocenters. The predicted molar refractivity (Wildman–Crippen MR) is 87.2 cm³/mol. The molecule has 0 unspecified atom stereocenters. The summed E-state index contributed by atoms with van der Waals surface area (Å²) in [5.74, 6) is 1.28. The minimum Gasteiger partial charge on any atom is -0.410 e. The Morgan fingerprint density at radius 1 is 1.04 bits per heavy atom. The van der Waals surface area contributed by atoms with E-state index in [-0.39, 0.29) is 11.9 Å². The van der Waals surface area contributed by atoms with Gasteiger partial charge in [0.1, 0.15) is 11.8 Å². The lowest BCUT2D eigenvalue weighted by molar-refractivity contribution is -0.136. The van der Waals surface area contributed by atoms with E-state index in [0.29, 0.717) is 18.2 Å². The van der Waals surface area contributed by atoms with E-state index in [9.17, 15) is 9.59 Å². The summed E-state index contributed by atoms with van der Waals surface area (Å²) >= 11 is 0. The second-order valence-electron chi connectivity index (χ2n) is 6.54. The van der Waals surface area contributed by atoms with Crippen LogP contribution in [0.3, 0.4) is 0 Å². The molecule has 2 aliphatic rings. The first-order valence-electron chi connectivity index (χ1n) is 8.47. The van der Waals surface area contributed by atoms with Gasteiger partial charge in [-0.05, 0) is 43.7 Å². The van der Waals surface area contributed by atoms with Gasteiger partial charge < -0.3 is 9.64 Å². The van der Waals surface area contributed by atoms with Crippen molar-refractivity contribution in [2.75, 3.05) is 19.6 Å². The van der Waals surface area contributed by atoms with Gasteiger partial charge in [-0.3, -0.25) is 9.69 Å². The molecule has 124 valence electrons. The molecule has 0 N–H and O–H groups in total. The topological polar surface area (TPSA) is 49.9 Å². The average Bonchev–Trinajstić information content (AvgIpc) is 3.05. The summed E-state index contributed by atoms with van der Waals surface area (Å²) in [6, 6.07) is 8.65. The quantitative estimate of drug-likeness (QED) is 0.843. The molecule has 2 heterocycles. The van der Waals surface area contributed by atoms with Crippen LogP contribution in [0.2, 0.25) is 0 Å². The van der Waals surface area contributed by atoms with Crippen molar-refractivity contribution in [1.82, 2.24) is 9.80 Å². The number of nitrogens with zero attached hydrogens (tertiary/aromatic N) is 2. The van der Waals surface area contributed by atoms with Crippen LogP contribution in [0.5, 0.6) is 5.75 Å². The summed E-state index contributed by atoms with van der Waals surface area (Å²) in [7, 11) is 0. The van der Waals surface area contributed by atoms with Crippen molar-refractivity contribution in [3.8, 4) is 5.75 Å². The number of rotatable bonds is 2. The zero-order valence-electron chi connectivity index (χ0n) is 13.6. The number of hydrogen-bond donors (Lipinski definition) is 0. The number of hydrogen-bond acceptors (Lipinski definition) is 3. The Labute approximate surface area is 137 Å². The summed E-state index contributed by atoms with van der Waals surface area (Å²) in [6.07, 6.45) is 3.26. The molecular formula is C18H24N2O3. The maximum absolute atomic E-state index is 12.8. The number of likely N-dealkylation sites (tertiary alicyclic amines) is 2. The zero-order valence-corrected chi connectivity index (χ0v) is 13.6. The molecule has 0 bridgehead atoms. The van der Waals surface area contributed by atoms with Crippen LogP contribution in [-0.2, 0) is 4.79 Å². The van der Waals surface area contributed by atoms with Crippen LogP contribution >= 0.6 is 0 Å². The smallest absolute Gasteiger partial charge is 0.410 e. The van der Waals surface area contributed by atoms with Crippen LogP contribution in [0.1, 0.15) is 32.6 Å². The summed E-state index contributed by atoms with van der Waals surface area (Å²) in [5, 5.41) is 0. The lowest BCUT2D eigenvalue weighted by Gasteiger charge is -2.34. The summed E-state index contributed by atoms with van der Waals surface area (Å²) < 4.78 is 5.40. The molecule has 0 saturated carbocycles. The highest BCUT2D eigenvalue weighted by Crippen LogP contribution is 2.24. The van der Waals surface area contributed by atoms with Crippen LogP contribution in [0.25, 0.3) is 0 Å². The minimum atomic E-state index is -0.419. The number of benzene rings is 1. The number of para-hydroxylation sites is 1. The Morgan fingerprint density at radius 3 is 2.43 bits per heavy atom. The predicted octanol–water partition coefficient (Wildman–Crippen LogP) is 2.91. The fourth-order valence-electron chi connectivity index (χ4n) is 3.33. The first-order valence-corrected chi connectivity index (χ1v) is 8.47. The summed E-state index contributed by atoms with van der Waals surface area (Å²) in [5.41, 5.74) is 0. The average molecular weight is 316 g/mol. The normalized spacial score (nSPS) is 22.2. The monoisotopic (exact) mass is 316 g/mol. The SMILES string of the molecule is CC1CCN(C(=O)[C@@H]2CCCN2C(=O)Oc2ccccc2)CC1. The van der Waals surface area contributed by atoms with Crippen molar-refractivity contribution in [3.05, 3.63) is 30.3 Å². The maximum atomic E-state index is 12.8. The van der Waals surface area contributed by atoms with Gasteiger partial charge in [0.15, 0.2) is 0 Å². The maximum Gasteiger partial charge on any atom is 0.415 e. The Hall–Kier alpha value is -2.04. The first kappa shape index (κ1) is 15.8. The van der Waals surface area contributed by atoms with Gasteiger partial charge in [0, 0.05) is 19.6 Å². The molecule has 5 heteroatoms. The third kappa shape index (κ3) is 3.66. The minimum absolute atomic E-state index is 0.0828. The number of carbonyl (C=O) groups is 2. The Balaban J connectivity index is 1.63. The Morgan fingerprint density at radius 2 is 1.74 bits per heavy atom. The second kappa shape index (κ2) is 7.02. The molecule has 2 amide bonds. The van der Waals surface area contributed by atoms with E-state index >= 15 is 0 Å². The lowest BCUT2D eigenvalue weighted by Crippen LogP contribution is -2.50. The van der Waals surface area contributed by atoms with Gasteiger partial charge in [-0.25, -0.2) is 4.79 Å². The lowest BCUT2D eigenvalue weighted by atomic mass is 9.98. The first-order chi connectivity index (χ1) is 11.1. The highest BCUT2D eigenvalue weighted by atomic mass is 16.6. The van der Waals surface area contributed by atoms with Crippen molar-refractivity contribution in [2.24, 2.45) is 5.92 Å². The fraction of sp³-hybridized carbons (Fsp3) is 0.556. The van der Waals surface area contributed by atoms with Gasteiger partial charge in [-0.2, -0.15) is 0 Å². The van der Waals surface area contributed by atoms with Crippen LogP contribution in [0.15, 0.2) is 30.3 Å². The molecule has 1 aromatic rings. The van der Waals surface area contributed by atoms with Crippen LogP contribution in [-0.4, -0.2) is 47.5 Å². The highest BCUT2D eigenvalue weighted by Gasteiger charge is 2.38. The van der Waals surface area contributed by atoms with E-state index in [4.69, 9.17) is 4.74 Å². The van der Waals surface area contributed by atoms with Crippen LogP contribution in [0.4, 0.5) is 4.79 Å². The second-order valence-corrected chi connectivity index (χ2v) is 6.54. The van der Waals surface area contributed by atoms with E-state index in [2.05, 4.69) is 6.92 Å². The number of carbonyl (C=O) groups excluding carboxylic acids is 2. The van der Waals surface area contributed by atoms with E-state index in [1.54, 1.807) is 17.0 Å². The molecule has 5 nitrogen and oxygen atoms in total. The fourth-order valence-corrected chi connectivity index (χ4v) is 3.33. The molecule has 23 heavy (non-hydrogen) atoms. The molecule has 3 rings (SSSR count). The zero-order chi connectivity index (χ0) is 16.2. The van der Waals surface area contributed by atoms with Crippen molar-refractivity contribution in [1.29, 1.82) is 0 Å². The van der Waals surface area contributed by atoms with Crippen molar-refractivity contribution >= 4 is 12.0 Å². The third-order valence-electron chi connectivity index (χ3n) is 4.82. The Bertz CT molecular complexity index is 553. The number of ether oxygens (including phenoxy) is 1. The molecule has 0 aliphatic carbocycles. The molecule has 2 fully saturated rings. The van der Waals surface area contributed by atoms with Gasteiger partial charge in [0.25, 0.3) is 0 Å². The van der Waals surface area contributed by atoms with Gasteiger partial charge in [0.05, 0.1) is 0 Å².